The zero-order valence-electron chi connectivity index (χ0n) is 16.6. The molecule has 0 fully saturated rings. The lowest BCUT2D eigenvalue weighted by atomic mass is 9.75. The smallest absolute Gasteiger partial charge is 0.131 e. The Morgan fingerprint density at radius 3 is 2.14 bits per heavy atom. The van der Waals surface area contributed by atoms with Crippen LogP contribution in [0, 0.1) is 0 Å². The van der Waals surface area contributed by atoms with Gasteiger partial charge >= 0.3 is 0 Å². The van der Waals surface area contributed by atoms with Gasteiger partial charge in [-0.05, 0) is 47.5 Å². The highest BCUT2D eigenvalue weighted by Gasteiger charge is 2.34. The van der Waals surface area contributed by atoms with E-state index in [9.17, 15) is 0 Å². The SMILES string of the molecule is CC1(C)c2ccccc2Oc2ccc(Nc3cccc(-c4ccccc4)c3)cc21. The summed E-state index contributed by atoms with van der Waals surface area (Å²) in [6.07, 6.45) is 0. The number of fused-ring (bicyclic) bond motifs is 2. The van der Waals surface area contributed by atoms with Crippen LogP contribution in [0.25, 0.3) is 11.1 Å². The third kappa shape index (κ3) is 3.17. The Hall–Kier alpha value is -3.52. The van der Waals surface area contributed by atoms with Crippen LogP contribution in [0.15, 0.2) is 97.1 Å². The standard InChI is InChI=1S/C27H23NO/c1-27(2)23-13-6-7-14-25(23)29-26-16-15-22(18-24(26)27)28-21-12-8-11-20(17-21)19-9-4-3-5-10-19/h3-18,28H,1-2H3. The van der Waals surface area contributed by atoms with Crippen molar-refractivity contribution in [2.75, 3.05) is 5.32 Å². The Kier molecular flexibility index (Phi) is 4.13. The normalized spacial score (nSPS) is 13.7. The van der Waals surface area contributed by atoms with Crippen LogP contribution in [0.1, 0.15) is 25.0 Å². The lowest BCUT2D eigenvalue weighted by Crippen LogP contribution is -2.24. The Morgan fingerprint density at radius 1 is 0.586 bits per heavy atom. The van der Waals surface area contributed by atoms with E-state index in [2.05, 4.69) is 98.0 Å². The van der Waals surface area contributed by atoms with Crippen molar-refractivity contribution in [3.63, 3.8) is 0 Å². The van der Waals surface area contributed by atoms with Crippen molar-refractivity contribution in [3.8, 4) is 22.6 Å². The molecule has 0 unspecified atom stereocenters. The molecule has 1 aliphatic heterocycles. The average Bonchev–Trinajstić information content (AvgIpc) is 2.75. The number of anilines is 2. The van der Waals surface area contributed by atoms with Crippen LogP contribution < -0.4 is 10.1 Å². The monoisotopic (exact) mass is 377 g/mol. The van der Waals surface area contributed by atoms with E-state index >= 15 is 0 Å². The van der Waals surface area contributed by atoms with Crippen LogP contribution in [0.5, 0.6) is 11.5 Å². The van der Waals surface area contributed by atoms with Gasteiger partial charge in [0.1, 0.15) is 11.5 Å². The predicted molar refractivity (Wildman–Crippen MR) is 120 cm³/mol. The summed E-state index contributed by atoms with van der Waals surface area (Å²) in [6.45, 7) is 4.51. The van der Waals surface area contributed by atoms with Gasteiger partial charge in [-0.2, -0.15) is 0 Å². The maximum atomic E-state index is 6.17. The summed E-state index contributed by atoms with van der Waals surface area (Å²) in [7, 11) is 0. The summed E-state index contributed by atoms with van der Waals surface area (Å²) in [6, 6.07) is 33.6. The lowest BCUT2D eigenvalue weighted by Gasteiger charge is -2.34. The van der Waals surface area contributed by atoms with E-state index in [1.165, 1.54) is 22.3 Å². The summed E-state index contributed by atoms with van der Waals surface area (Å²) in [5.41, 5.74) is 6.84. The summed E-state index contributed by atoms with van der Waals surface area (Å²) < 4.78 is 6.17. The van der Waals surface area contributed by atoms with Gasteiger partial charge in [-0.1, -0.05) is 74.5 Å². The van der Waals surface area contributed by atoms with E-state index in [-0.39, 0.29) is 5.41 Å². The Morgan fingerprint density at radius 2 is 1.28 bits per heavy atom. The van der Waals surface area contributed by atoms with E-state index in [1.807, 2.05) is 18.2 Å². The van der Waals surface area contributed by atoms with Crippen molar-refractivity contribution in [3.05, 3.63) is 108 Å². The Bertz CT molecular complexity index is 1180. The van der Waals surface area contributed by atoms with Gasteiger partial charge in [-0.3, -0.25) is 0 Å². The summed E-state index contributed by atoms with van der Waals surface area (Å²) in [5, 5.41) is 3.57. The molecule has 2 heteroatoms. The molecule has 0 saturated heterocycles. The Balaban J connectivity index is 1.48. The third-order valence-corrected chi connectivity index (χ3v) is 5.69. The molecular formula is C27H23NO. The maximum absolute atomic E-state index is 6.17. The molecule has 0 amide bonds. The molecule has 0 saturated carbocycles. The van der Waals surface area contributed by atoms with Gasteiger partial charge in [-0.25, -0.2) is 0 Å². The second kappa shape index (κ2) is 6.82. The number of ether oxygens (including phenoxy) is 1. The van der Waals surface area contributed by atoms with Crippen molar-refractivity contribution in [2.45, 2.75) is 19.3 Å². The minimum Gasteiger partial charge on any atom is -0.457 e. The van der Waals surface area contributed by atoms with E-state index in [0.29, 0.717) is 0 Å². The average molecular weight is 377 g/mol. The molecule has 5 rings (SSSR count). The van der Waals surface area contributed by atoms with E-state index < -0.39 is 0 Å². The van der Waals surface area contributed by atoms with Crippen molar-refractivity contribution >= 4 is 11.4 Å². The minimum absolute atomic E-state index is 0.117. The van der Waals surface area contributed by atoms with Crippen molar-refractivity contribution in [1.82, 2.24) is 0 Å². The minimum atomic E-state index is -0.117. The Labute approximate surface area is 171 Å². The van der Waals surface area contributed by atoms with Crippen LogP contribution >= 0.6 is 0 Å². The molecule has 0 spiro atoms. The molecular weight excluding hydrogens is 354 g/mol. The molecule has 0 atom stereocenters. The van der Waals surface area contributed by atoms with Crippen molar-refractivity contribution in [2.24, 2.45) is 0 Å². The molecule has 4 aromatic rings. The highest BCUT2D eigenvalue weighted by molar-refractivity contribution is 5.72. The van der Waals surface area contributed by atoms with Crippen LogP contribution in [0.2, 0.25) is 0 Å². The maximum Gasteiger partial charge on any atom is 0.131 e. The first-order chi connectivity index (χ1) is 14.1. The van der Waals surface area contributed by atoms with Gasteiger partial charge < -0.3 is 10.1 Å². The molecule has 0 aliphatic carbocycles. The first-order valence-corrected chi connectivity index (χ1v) is 9.96. The first-order valence-electron chi connectivity index (χ1n) is 9.96. The molecule has 142 valence electrons. The van der Waals surface area contributed by atoms with Crippen LogP contribution in [-0.2, 0) is 5.41 Å². The molecule has 0 aromatic heterocycles. The lowest BCUT2D eigenvalue weighted by molar-refractivity contribution is 0.418. The third-order valence-electron chi connectivity index (χ3n) is 5.69. The van der Waals surface area contributed by atoms with Crippen LogP contribution in [-0.4, -0.2) is 0 Å². The quantitative estimate of drug-likeness (QED) is 0.398. The van der Waals surface area contributed by atoms with Crippen LogP contribution in [0.4, 0.5) is 11.4 Å². The number of nitrogens with one attached hydrogen (secondary N) is 1. The highest BCUT2D eigenvalue weighted by Crippen LogP contribution is 2.48. The zero-order valence-corrected chi connectivity index (χ0v) is 16.6. The van der Waals surface area contributed by atoms with E-state index in [4.69, 9.17) is 4.74 Å². The van der Waals surface area contributed by atoms with Gasteiger partial charge in [-0.15, -0.1) is 0 Å². The first kappa shape index (κ1) is 17.6. The van der Waals surface area contributed by atoms with Gasteiger partial charge in [0.2, 0.25) is 0 Å². The summed E-state index contributed by atoms with van der Waals surface area (Å²) in [4.78, 5) is 0. The van der Waals surface area contributed by atoms with Crippen molar-refractivity contribution < 1.29 is 4.74 Å². The molecule has 29 heavy (non-hydrogen) atoms. The molecule has 1 N–H and O–H groups in total. The number of hydrogen-bond donors (Lipinski definition) is 1. The number of rotatable bonds is 3. The fourth-order valence-corrected chi connectivity index (χ4v) is 4.09. The fourth-order valence-electron chi connectivity index (χ4n) is 4.09. The largest absolute Gasteiger partial charge is 0.457 e. The second-order valence-corrected chi connectivity index (χ2v) is 8.01. The van der Waals surface area contributed by atoms with E-state index in [1.54, 1.807) is 0 Å². The van der Waals surface area contributed by atoms with Gasteiger partial charge in [0.05, 0.1) is 0 Å². The molecule has 1 heterocycles. The number of hydrogen-bond acceptors (Lipinski definition) is 2. The van der Waals surface area contributed by atoms with Crippen molar-refractivity contribution in [1.29, 1.82) is 0 Å². The molecule has 1 aliphatic rings. The second-order valence-electron chi connectivity index (χ2n) is 8.01. The highest BCUT2D eigenvalue weighted by atomic mass is 16.5. The molecule has 2 nitrogen and oxygen atoms in total. The fraction of sp³-hybridized carbons (Fsp3) is 0.111. The topological polar surface area (TPSA) is 21.3 Å². The zero-order chi connectivity index (χ0) is 19.8. The summed E-state index contributed by atoms with van der Waals surface area (Å²) in [5.74, 6) is 1.87. The molecule has 4 aromatic carbocycles. The molecule has 0 radical (unpaired) electrons. The molecule has 0 bridgehead atoms. The summed E-state index contributed by atoms with van der Waals surface area (Å²) >= 11 is 0. The van der Waals surface area contributed by atoms with Gasteiger partial charge in [0, 0.05) is 27.9 Å². The van der Waals surface area contributed by atoms with Gasteiger partial charge in [0.25, 0.3) is 0 Å². The van der Waals surface area contributed by atoms with E-state index in [0.717, 1.165) is 22.9 Å². The van der Waals surface area contributed by atoms with Crippen LogP contribution in [0.3, 0.4) is 0 Å². The number of para-hydroxylation sites is 1. The predicted octanol–water partition coefficient (Wildman–Crippen LogP) is 7.53. The van der Waals surface area contributed by atoms with Gasteiger partial charge in [0.15, 0.2) is 0 Å². The number of benzene rings is 4.